The number of nitrogens with zero attached hydrogens (tertiary/aromatic N) is 2. The Morgan fingerprint density at radius 1 is 1.41 bits per heavy atom. The van der Waals surface area contributed by atoms with Crippen molar-refractivity contribution in [1.82, 2.24) is 9.55 Å². The summed E-state index contributed by atoms with van der Waals surface area (Å²) in [6, 6.07) is 7.04. The maximum Gasteiger partial charge on any atom is 0.266 e. The molecule has 0 aliphatic heterocycles. The molecule has 1 aromatic carbocycles. The van der Waals surface area contributed by atoms with Gasteiger partial charge in [-0.25, -0.2) is 4.98 Å². The van der Waals surface area contributed by atoms with Crippen LogP contribution in [-0.2, 0) is 6.54 Å². The first-order valence-electron chi connectivity index (χ1n) is 8.18. The molecule has 8 nitrogen and oxygen atoms in total. The molecule has 2 heterocycles. The number of hydrogen-bond acceptors (Lipinski definition) is 7. The van der Waals surface area contributed by atoms with Crippen molar-refractivity contribution >= 4 is 33.1 Å². The first kappa shape index (κ1) is 19.0. The van der Waals surface area contributed by atoms with Gasteiger partial charge in [0.15, 0.2) is 0 Å². The quantitative estimate of drug-likeness (QED) is 0.587. The van der Waals surface area contributed by atoms with Gasteiger partial charge in [0.1, 0.15) is 10.6 Å². The molecule has 3 rings (SSSR count). The van der Waals surface area contributed by atoms with Crippen LogP contribution in [0.25, 0.3) is 10.2 Å². The number of methoxy groups -OCH3 is 1. The maximum absolute atomic E-state index is 12.7. The van der Waals surface area contributed by atoms with E-state index in [2.05, 4.69) is 10.3 Å². The molecule has 0 unspecified atom stereocenters. The number of hydrogen-bond donors (Lipinski definition) is 3. The fourth-order valence-corrected chi connectivity index (χ4v) is 3.75. The number of carbonyl (C=O) groups excluding carboxylic acids is 1. The largest absolute Gasteiger partial charge is 0.495 e. The number of thiophene rings is 1. The van der Waals surface area contributed by atoms with Crippen LogP contribution in [0.3, 0.4) is 0 Å². The number of amides is 1. The van der Waals surface area contributed by atoms with Crippen molar-refractivity contribution in [2.45, 2.75) is 19.6 Å². The number of fused-ring (bicyclic) bond motifs is 1. The Morgan fingerprint density at radius 3 is 2.85 bits per heavy atom. The smallest absolute Gasteiger partial charge is 0.266 e. The number of aliphatic hydroxyl groups excluding tert-OH is 2. The van der Waals surface area contributed by atoms with Crippen LogP contribution in [0.15, 0.2) is 35.4 Å². The molecule has 0 radical (unpaired) electrons. The van der Waals surface area contributed by atoms with Crippen LogP contribution >= 0.6 is 11.3 Å². The second-order valence-corrected chi connectivity index (χ2v) is 6.93. The van der Waals surface area contributed by atoms with Gasteiger partial charge in [0.05, 0.1) is 48.6 Å². The molecule has 142 valence electrons. The van der Waals surface area contributed by atoms with Crippen LogP contribution in [0.5, 0.6) is 5.75 Å². The Balaban J connectivity index is 1.98. The van der Waals surface area contributed by atoms with Crippen LogP contribution in [0.4, 0.5) is 5.69 Å². The molecular formula is C18H19N3O5S. The Hall–Kier alpha value is -2.75. The van der Waals surface area contributed by atoms with E-state index >= 15 is 0 Å². The molecule has 27 heavy (non-hydrogen) atoms. The lowest BCUT2D eigenvalue weighted by molar-refractivity contribution is 0.0802. The molecule has 0 spiro atoms. The summed E-state index contributed by atoms with van der Waals surface area (Å²) in [6.45, 7) is 1.15. The van der Waals surface area contributed by atoms with Crippen LogP contribution in [0, 0.1) is 6.92 Å². The molecule has 0 aliphatic carbocycles. The molecule has 9 heteroatoms. The van der Waals surface area contributed by atoms with Gasteiger partial charge in [-0.15, -0.1) is 11.3 Å². The molecule has 3 N–H and O–H groups in total. The summed E-state index contributed by atoms with van der Waals surface area (Å²) in [4.78, 5) is 30.4. The fraction of sp³-hybridized carbons (Fsp3) is 0.278. The highest BCUT2D eigenvalue weighted by atomic mass is 32.1. The zero-order valence-corrected chi connectivity index (χ0v) is 15.6. The minimum Gasteiger partial charge on any atom is -0.495 e. The monoisotopic (exact) mass is 389 g/mol. The van der Waals surface area contributed by atoms with Crippen LogP contribution in [-0.4, -0.2) is 45.5 Å². The lowest BCUT2D eigenvalue weighted by atomic mass is 10.2. The van der Waals surface area contributed by atoms with Gasteiger partial charge in [-0.2, -0.15) is 0 Å². The summed E-state index contributed by atoms with van der Waals surface area (Å²) < 4.78 is 6.46. The number of aromatic nitrogens is 2. The number of rotatable bonds is 6. The average Bonchev–Trinajstić information content (AvgIpc) is 3.01. The second kappa shape index (κ2) is 7.87. The van der Waals surface area contributed by atoms with Crippen molar-refractivity contribution in [3.05, 3.63) is 51.4 Å². The summed E-state index contributed by atoms with van der Waals surface area (Å²) in [5.74, 6) is 0.171. The number of benzene rings is 1. The Kier molecular flexibility index (Phi) is 5.54. The number of para-hydroxylation sites is 2. The summed E-state index contributed by atoms with van der Waals surface area (Å²) in [6.07, 6.45) is 0.246. The Morgan fingerprint density at radius 2 is 2.15 bits per heavy atom. The van der Waals surface area contributed by atoms with Gasteiger partial charge in [-0.3, -0.25) is 14.2 Å². The zero-order valence-electron chi connectivity index (χ0n) is 14.8. The summed E-state index contributed by atoms with van der Waals surface area (Å²) >= 11 is 1.12. The SMILES string of the molecule is COc1ccccc1NC(=O)c1sc2ncn(C[C@H](O)CO)c(=O)c2c1C. The summed E-state index contributed by atoms with van der Waals surface area (Å²) in [5, 5.41) is 21.7. The molecule has 3 aromatic rings. The molecule has 0 saturated carbocycles. The minimum absolute atomic E-state index is 0.0731. The van der Waals surface area contributed by atoms with E-state index in [1.807, 2.05) is 0 Å². The summed E-state index contributed by atoms with van der Waals surface area (Å²) in [5.41, 5.74) is 0.684. The molecule has 0 aliphatic rings. The number of aliphatic hydroxyl groups is 2. The first-order chi connectivity index (χ1) is 13.0. The number of anilines is 1. The van der Waals surface area contributed by atoms with Gasteiger partial charge in [0, 0.05) is 0 Å². The van der Waals surface area contributed by atoms with E-state index in [9.17, 15) is 14.7 Å². The highest BCUT2D eigenvalue weighted by molar-refractivity contribution is 7.20. The van der Waals surface area contributed by atoms with Gasteiger partial charge < -0.3 is 20.3 Å². The number of ether oxygens (including phenoxy) is 1. The van der Waals surface area contributed by atoms with E-state index in [-0.39, 0.29) is 18.0 Å². The molecule has 0 fully saturated rings. The lowest BCUT2D eigenvalue weighted by Crippen LogP contribution is -2.28. The summed E-state index contributed by atoms with van der Waals surface area (Å²) in [7, 11) is 1.52. The molecule has 0 bridgehead atoms. The highest BCUT2D eigenvalue weighted by Crippen LogP contribution is 2.29. The second-order valence-electron chi connectivity index (χ2n) is 5.93. The first-order valence-corrected chi connectivity index (χ1v) is 8.99. The lowest BCUT2D eigenvalue weighted by Gasteiger charge is -2.09. The average molecular weight is 389 g/mol. The van der Waals surface area contributed by atoms with E-state index in [0.29, 0.717) is 32.1 Å². The number of carbonyl (C=O) groups is 1. The van der Waals surface area contributed by atoms with Crippen molar-refractivity contribution in [2.24, 2.45) is 0 Å². The van der Waals surface area contributed by atoms with E-state index < -0.39 is 12.7 Å². The molecule has 1 atom stereocenters. The number of nitrogens with one attached hydrogen (secondary N) is 1. The van der Waals surface area contributed by atoms with Gasteiger partial charge in [0.2, 0.25) is 0 Å². The van der Waals surface area contributed by atoms with Gasteiger partial charge in [0.25, 0.3) is 11.5 Å². The Labute approximate surface area is 158 Å². The van der Waals surface area contributed by atoms with Crippen LogP contribution in [0.1, 0.15) is 15.2 Å². The topological polar surface area (TPSA) is 114 Å². The van der Waals surface area contributed by atoms with Crippen molar-refractivity contribution < 1.29 is 19.7 Å². The normalized spacial score (nSPS) is 12.1. The van der Waals surface area contributed by atoms with Crippen molar-refractivity contribution in [2.75, 3.05) is 19.0 Å². The van der Waals surface area contributed by atoms with E-state index in [4.69, 9.17) is 9.84 Å². The van der Waals surface area contributed by atoms with Crippen LogP contribution < -0.4 is 15.6 Å². The molecule has 1 amide bonds. The van der Waals surface area contributed by atoms with E-state index in [1.54, 1.807) is 31.2 Å². The Bertz CT molecular complexity index is 1040. The maximum atomic E-state index is 12.7. The fourth-order valence-electron chi connectivity index (χ4n) is 2.72. The predicted molar refractivity (Wildman–Crippen MR) is 103 cm³/mol. The zero-order chi connectivity index (χ0) is 19.6. The highest BCUT2D eigenvalue weighted by Gasteiger charge is 2.21. The third-order valence-corrected chi connectivity index (χ3v) is 5.30. The van der Waals surface area contributed by atoms with E-state index in [1.165, 1.54) is 18.0 Å². The van der Waals surface area contributed by atoms with Gasteiger partial charge in [-0.05, 0) is 24.6 Å². The van der Waals surface area contributed by atoms with Crippen molar-refractivity contribution in [1.29, 1.82) is 0 Å². The molecular weight excluding hydrogens is 370 g/mol. The minimum atomic E-state index is -1.06. The van der Waals surface area contributed by atoms with Gasteiger partial charge in [-0.1, -0.05) is 12.1 Å². The third-order valence-electron chi connectivity index (χ3n) is 4.10. The molecule has 0 saturated heterocycles. The van der Waals surface area contributed by atoms with Crippen LogP contribution in [0.2, 0.25) is 0 Å². The van der Waals surface area contributed by atoms with Crippen molar-refractivity contribution in [3.63, 3.8) is 0 Å². The standard InChI is InChI=1S/C18H19N3O5S/c1-10-14-17(19-9-21(18(14)25)7-11(23)8-22)27-15(10)16(24)20-12-5-3-4-6-13(12)26-2/h3-6,9,11,22-23H,7-8H2,1-2H3,(H,20,24)/t11-/m0/s1. The van der Waals surface area contributed by atoms with Crippen molar-refractivity contribution in [3.8, 4) is 5.75 Å². The van der Waals surface area contributed by atoms with E-state index in [0.717, 1.165) is 11.3 Å². The number of aryl methyl sites for hydroxylation is 1. The molecule has 2 aromatic heterocycles. The van der Waals surface area contributed by atoms with Gasteiger partial charge >= 0.3 is 0 Å². The predicted octanol–water partition coefficient (Wildman–Crippen LogP) is 1.38. The third kappa shape index (κ3) is 3.70.